The van der Waals surface area contributed by atoms with Crippen LogP contribution in [0, 0.1) is 0 Å². The van der Waals surface area contributed by atoms with Crippen LogP contribution >= 0.6 is 0 Å². The van der Waals surface area contributed by atoms with E-state index in [0.717, 1.165) is 36.3 Å². The van der Waals surface area contributed by atoms with E-state index >= 15 is 0 Å². The predicted octanol–water partition coefficient (Wildman–Crippen LogP) is 15.1. The van der Waals surface area contributed by atoms with E-state index in [2.05, 4.69) is 215 Å². The third-order valence-electron chi connectivity index (χ3n) is 12.1. The van der Waals surface area contributed by atoms with Crippen molar-refractivity contribution >= 4 is 17.1 Å². The van der Waals surface area contributed by atoms with Gasteiger partial charge in [0.15, 0.2) is 0 Å². The molecule has 1 nitrogen and oxygen atoms in total. The molecule has 0 saturated heterocycles. The minimum atomic E-state index is -0.0794. The standard InChI is InChI=1S/C53H49N/c1-6-36-53(7-2,8-3)44-28-22-41(23-29-44)39-18-20-40(21-19-39)43-26-32-46(33-27-43)54(45-30-24-42(25-31-45)38-14-10-9-11-15-38)47-34-35-49-48-16-12-13-17-50(48)52(4,5)51(49)37-47/h6,9-35,37H,1,7-8,36H2,2-5H3. The van der Waals surface area contributed by atoms with Gasteiger partial charge in [-0.15, -0.1) is 6.58 Å². The molecule has 0 unspecified atom stereocenters. The lowest BCUT2D eigenvalue weighted by Crippen LogP contribution is -2.23. The van der Waals surface area contributed by atoms with Gasteiger partial charge in [0.2, 0.25) is 0 Å². The molecule has 0 spiro atoms. The first kappa shape index (κ1) is 35.1. The van der Waals surface area contributed by atoms with Crippen molar-refractivity contribution in [3.05, 3.63) is 199 Å². The summed E-state index contributed by atoms with van der Waals surface area (Å²) >= 11 is 0. The average Bonchev–Trinajstić information content (AvgIpc) is 3.46. The molecule has 0 saturated carbocycles. The highest BCUT2D eigenvalue weighted by atomic mass is 15.1. The number of benzene rings is 7. The van der Waals surface area contributed by atoms with Crippen LogP contribution in [0.25, 0.3) is 44.5 Å². The Kier molecular flexibility index (Phi) is 9.42. The van der Waals surface area contributed by atoms with Crippen LogP contribution in [0.5, 0.6) is 0 Å². The number of hydrogen-bond acceptors (Lipinski definition) is 1. The van der Waals surface area contributed by atoms with Crippen molar-refractivity contribution in [3.63, 3.8) is 0 Å². The first-order valence-electron chi connectivity index (χ1n) is 19.5. The Bertz CT molecular complexity index is 2380. The van der Waals surface area contributed by atoms with Crippen LogP contribution in [-0.2, 0) is 10.8 Å². The molecule has 1 aliphatic rings. The van der Waals surface area contributed by atoms with Gasteiger partial charge in [0.1, 0.15) is 0 Å². The maximum atomic E-state index is 4.04. The molecule has 8 rings (SSSR count). The van der Waals surface area contributed by atoms with Gasteiger partial charge in [0.25, 0.3) is 0 Å². The number of hydrogen-bond donors (Lipinski definition) is 0. The van der Waals surface area contributed by atoms with Crippen molar-refractivity contribution in [3.8, 4) is 44.5 Å². The van der Waals surface area contributed by atoms with Crippen molar-refractivity contribution in [2.75, 3.05) is 4.90 Å². The SMILES string of the molecule is C=CCC(CC)(CC)c1ccc(-c2ccc(-c3ccc(N(c4ccc(-c5ccccc5)cc4)c4ccc5c(c4)C(C)(C)c4ccccc4-5)cc3)cc2)cc1. The largest absolute Gasteiger partial charge is 0.310 e. The molecular weight excluding hydrogens is 651 g/mol. The molecule has 1 aliphatic carbocycles. The topological polar surface area (TPSA) is 3.24 Å². The second-order valence-electron chi connectivity index (χ2n) is 15.3. The fourth-order valence-electron chi connectivity index (χ4n) is 8.73. The summed E-state index contributed by atoms with van der Waals surface area (Å²) in [7, 11) is 0. The Morgan fingerprint density at radius 3 is 1.43 bits per heavy atom. The summed E-state index contributed by atoms with van der Waals surface area (Å²) in [6, 6.07) is 62.7. The van der Waals surface area contributed by atoms with Crippen molar-refractivity contribution in [1.29, 1.82) is 0 Å². The van der Waals surface area contributed by atoms with Gasteiger partial charge >= 0.3 is 0 Å². The van der Waals surface area contributed by atoms with Gasteiger partial charge < -0.3 is 4.90 Å². The summed E-state index contributed by atoms with van der Waals surface area (Å²) in [6.45, 7) is 13.3. The van der Waals surface area contributed by atoms with Gasteiger partial charge in [0, 0.05) is 22.5 Å². The van der Waals surface area contributed by atoms with Gasteiger partial charge in [0.05, 0.1) is 0 Å². The van der Waals surface area contributed by atoms with Gasteiger partial charge in [-0.2, -0.15) is 0 Å². The minimum Gasteiger partial charge on any atom is -0.310 e. The molecule has 54 heavy (non-hydrogen) atoms. The molecule has 0 aromatic heterocycles. The van der Waals surface area contributed by atoms with E-state index in [4.69, 9.17) is 0 Å². The second-order valence-corrected chi connectivity index (χ2v) is 15.3. The van der Waals surface area contributed by atoms with E-state index in [1.165, 1.54) is 61.2 Å². The van der Waals surface area contributed by atoms with Crippen molar-refractivity contribution < 1.29 is 0 Å². The lowest BCUT2D eigenvalue weighted by molar-refractivity contribution is 0.400. The Morgan fingerprint density at radius 1 is 0.481 bits per heavy atom. The first-order valence-corrected chi connectivity index (χ1v) is 19.5. The maximum absolute atomic E-state index is 4.04. The number of nitrogens with zero attached hydrogens (tertiary/aromatic N) is 1. The van der Waals surface area contributed by atoms with E-state index in [1.807, 2.05) is 0 Å². The normalized spacial score (nSPS) is 12.9. The highest BCUT2D eigenvalue weighted by Gasteiger charge is 2.35. The van der Waals surface area contributed by atoms with Crippen LogP contribution < -0.4 is 4.90 Å². The van der Waals surface area contributed by atoms with Crippen molar-refractivity contribution in [1.82, 2.24) is 0 Å². The van der Waals surface area contributed by atoms with Crippen molar-refractivity contribution in [2.24, 2.45) is 0 Å². The fourth-order valence-corrected chi connectivity index (χ4v) is 8.73. The smallest absolute Gasteiger partial charge is 0.0465 e. The van der Waals surface area contributed by atoms with Crippen LogP contribution in [0.1, 0.15) is 63.6 Å². The van der Waals surface area contributed by atoms with Crippen LogP contribution in [0.4, 0.5) is 17.1 Å². The van der Waals surface area contributed by atoms with Crippen LogP contribution in [-0.4, -0.2) is 0 Å². The summed E-state index contributed by atoms with van der Waals surface area (Å²) in [5.41, 5.74) is 17.7. The maximum Gasteiger partial charge on any atom is 0.0465 e. The van der Waals surface area contributed by atoms with E-state index in [-0.39, 0.29) is 10.8 Å². The quantitative estimate of drug-likeness (QED) is 0.122. The summed E-state index contributed by atoms with van der Waals surface area (Å²) in [6.07, 6.45) is 5.30. The monoisotopic (exact) mass is 699 g/mol. The summed E-state index contributed by atoms with van der Waals surface area (Å²) in [5.74, 6) is 0. The van der Waals surface area contributed by atoms with E-state index in [0.29, 0.717) is 0 Å². The first-order chi connectivity index (χ1) is 26.3. The van der Waals surface area contributed by atoms with Crippen molar-refractivity contribution in [2.45, 2.75) is 57.8 Å². The molecule has 1 heteroatoms. The zero-order chi connectivity index (χ0) is 37.3. The Balaban J connectivity index is 1.11. The summed E-state index contributed by atoms with van der Waals surface area (Å²) in [4.78, 5) is 2.39. The number of rotatable bonds is 11. The fraction of sp³-hybridized carbons (Fsp3) is 0.170. The molecule has 7 aromatic rings. The molecule has 0 amide bonds. The highest BCUT2D eigenvalue weighted by Crippen LogP contribution is 2.50. The molecule has 0 aliphatic heterocycles. The van der Waals surface area contributed by atoms with Gasteiger partial charge in [-0.1, -0.05) is 167 Å². The lowest BCUT2D eigenvalue weighted by atomic mass is 9.73. The second kappa shape index (κ2) is 14.5. The third-order valence-corrected chi connectivity index (χ3v) is 12.1. The molecule has 0 fully saturated rings. The van der Waals surface area contributed by atoms with Gasteiger partial charge in [-0.25, -0.2) is 0 Å². The molecule has 0 N–H and O–H groups in total. The Hall–Kier alpha value is -5.92. The molecular formula is C53H49N. The minimum absolute atomic E-state index is 0.0794. The molecule has 0 heterocycles. The Morgan fingerprint density at radius 2 is 0.907 bits per heavy atom. The van der Waals surface area contributed by atoms with E-state index in [9.17, 15) is 0 Å². The van der Waals surface area contributed by atoms with Crippen LogP contribution in [0.2, 0.25) is 0 Å². The number of fused-ring (bicyclic) bond motifs is 3. The summed E-state index contributed by atoms with van der Waals surface area (Å²) < 4.78 is 0. The number of allylic oxidation sites excluding steroid dienone is 1. The third kappa shape index (κ3) is 6.28. The van der Waals surface area contributed by atoms with E-state index in [1.54, 1.807) is 0 Å². The molecule has 7 aromatic carbocycles. The average molecular weight is 700 g/mol. The zero-order valence-electron chi connectivity index (χ0n) is 32.0. The van der Waals surface area contributed by atoms with E-state index < -0.39 is 0 Å². The predicted molar refractivity (Wildman–Crippen MR) is 232 cm³/mol. The van der Waals surface area contributed by atoms with Gasteiger partial charge in [-0.3, -0.25) is 0 Å². The molecule has 266 valence electrons. The molecule has 0 atom stereocenters. The molecule has 0 radical (unpaired) electrons. The Labute approximate surface area is 322 Å². The zero-order valence-corrected chi connectivity index (χ0v) is 32.0. The highest BCUT2D eigenvalue weighted by molar-refractivity contribution is 5.86. The molecule has 0 bridgehead atoms. The lowest BCUT2D eigenvalue weighted by Gasteiger charge is -2.31. The van der Waals surface area contributed by atoms with Gasteiger partial charge in [-0.05, 0) is 122 Å². The van der Waals surface area contributed by atoms with Crippen LogP contribution in [0.15, 0.2) is 183 Å². The number of anilines is 3. The van der Waals surface area contributed by atoms with Crippen LogP contribution in [0.3, 0.4) is 0 Å². The summed E-state index contributed by atoms with van der Waals surface area (Å²) in [5, 5.41) is 0.